The van der Waals surface area contributed by atoms with Crippen LogP contribution < -0.4 is 16.0 Å². The van der Waals surface area contributed by atoms with Gasteiger partial charge in [-0.2, -0.15) is 0 Å². The summed E-state index contributed by atoms with van der Waals surface area (Å²) in [5.41, 5.74) is 10.8. The first kappa shape index (κ1) is 23.8. The molecule has 0 amide bonds. The van der Waals surface area contributed by atoms with Gasteiger partial charge in [0.25, 0.3) is 5.56 Å². The minimum Gasteiger partial charge on any atom is -0.398 e. The van der Waals surface area contributed by atoms with Crippen LogP contribution >= 0.6 is 23.5 Å². The topological polar surface area (TPSA) is 96.8 Å². The highest BCUT2D eigenvalue weighted by atomic mass is 35.5. The Morgan fingerprint density at radius 3 is 2.62 bits per heavy atom. The van der Waals surface area contributed by atoms with Crippen LogP contribution in [0.1, 0.15) is 22.3 Å². The molecule has 0 radical (unpaired) electrons. The number of nitrogen functional groups attached to an aromatic ring is 1. The molecule has 0 unspecified atom stereocenters. The molecule has 6 nitrogen and oxygen atoms in total. The Morgan fingerprint density at radius 2 is 1.82 bits per heavy atom. The molecule has 172 valence electrons. The van der Waals surface area contributed by atoms with Gasteiger partial charge < -0.3 is 15.7 Å². The minimum absolute atomic E-state index is 0.00764. The number of halogens is 1. The van der Waals surface area contributed by atoms with Crippen molar-refractivity contribution >= 4 is 34.9 Å². The van der Waals surface area contributed by atoms with E-state index in [1.807, 2.05) is 12.3 Å². The Hall–Kier alpha value is -3.39. The lowest BCUT2D eigenvalue weighted by atomic mass is 10.0. The predicted octanol–water partition coefficient (Wildman–Crippen LogP) is 4.78. The molecule has 0 aliphatic heterocycles. The summed E-state index contributed by atoms with van der Waals surface area (Å²) in [6.45, 7) is 0.889. The average Bonchev–Trinajstić information content (AvgIpc) is 2.83. The van der Waals surface area contributed by atoms with E-state index in [-0.39, 0.29) is 5.56 Å². The van der Waals surface area contributed by atoms with Crippen LogP contribution in [0.15, 0.2) is 95.0 Å². The maximum atomic E-state index is 11.9. The fraction of sp³-hybridized carbons (Fsp3) is 0.115. The lowest BCUT2D eigenvalue weighted by molar-refractivity contribution is 0.759. The number of nitrogens with two attached hydrogens (primary N) is 1. The van der Waals surface area contributed by atoms with Crippen molar-refractivity contribution in [3.05, 3.63) is 123 Å². The normalized spacial score (nSPS) is 10.9. The fourth-order valence-corrected chi connectivity index (χ4v) is 4.36. The molecule has 0 saturated heterocycles. The largest absolute Gasteiger partial charge is 0.398 e. The molecule has 0 aliphatic carbocycles. The highest BCUT2D eigenvalue weighted by Crippen LogP contribution is 2.20. The maximum Gasteiger partial charge on any atom is 0.250 e. The van der Waals surface area contributed by atoms with E-state index in [4.69, 9.17) is 22.7 Å². The van der Waals surface area contributed by atoms with E-state index in [2.05, 4.69) is 40.0 Å². The summed E-state index contributed by atoms with van der Waals surface area (Å²) in [5.74, 6) is 0. The highest BCUT2D eigenvalue weighted by molar-refractivity contribution is 7.97. The molecule has 2 aromatic carbocycles. The minimum atomic E-state index is -0.00764. The van der Waals surface area contributed by atoms with Crippen molar-refractivity contribution in [1.82, 2.24) is 14.3 Å². The van der Waals surface area contributed by atoms with Gasteiger partial charge in [-0.15, -0.1) is 0 Å². The van der Waals surface area contributed by atoms with Gasteiger partial charge in [0.1, 0.15) is 0 Å². The van der Waals surface area contributed by atoms with Crippen LogP contribution in [0, 0.1) is 5.41 Å². The summed E-state index contributed by atoms with van der Waals surface area (Å²) < 4.78 is 4.89. The van der Waals surface area contributed by atoms with E-state index in [1.165, 1.54) is 17.5 Å². The molecule has 4 N–H and O–H groups in total. The van der Waals surface area contributed by atoms with Crippen molar-refractivity contribution in [3.8, 4) is 0 Å². The van der Waals surface area contributed by atoms with Gasteiger partial charge in [-0.05, 0) is 65.4 Å². The van der Waals surface area contributed by atoms with Crippen molar-refractivity contribution in [2.45, 2.75) is 17.9 Å². The quantitative estimate of drug-likeness (QED) is 0.178. The standard InChI is InChI=1S/C26H24ClN5OS/c27-21-8-9-24(28)23(13-21)25(29)16-31-34-22-12-20(14-30-15-22)11-18-4-6-19(7-5-18)17-32-10-2-1-3-26(32)33/h1-10,12-15,29,31H,11,16-17,28H2. The number of nitrogens with one attached hydrogen (secondary N) is 2. The average molecular weight is 490 g/mol. The molecule has 0 saturated carbocycles. The molecule has 2 aromatic heterocycles. The van der Waals surface area contributed by atoms with Crippen LogP contribution in [0.5, 0.6) is 0 Å². The number of hydrogen-bond donors (Lipinski definition) is 3. The van der Waals surface area contributed by atoms with Crippen molar-refractivity contribution in [1.29, 1.82) is 5.41 Å². The Morgan fingerprint density at radius 1 is 1.03 bits per heavy atom. The number of aromatic nitrogens is 2. The molecule has 0 bridgehead atoms. The van der Waals surface area contributed by atoms with Crippen LogP contribution in [-0.2, 0) is 13.0 Å². The molecule has 0 fully saturated rings. The summed E-state index contributed by atoms with van der Waals surface area (Å²) in [6.07, 6.45) is 6.20. The lowest BCUT2D eigenvalue weighted by Crippen LogP contribution is -2.18. The van der Waals surface area contributed by atoms with Crippen LogP contribution in [0.2, 0.25) is 5.02 Å². The highest BCUT2D eigenvalue weighted by Gasteiger charge is 2.08. The first-order valence-electron chi connectivity index (χ1n) is 10.7. The third-order valence-electron chi connectivity index (χ3n) is 5.23. The molecular formula is C26H24ClN5OS. The maximum absolute atomic E-state index is 11.9. The molecule has 0 atom stereocenters. The summed E-state index contributed by atoms with van der Waals surface area (Å²) in [5, 5.41) is 8.83. The van der Waals surface area contributed by atoms with Gasteiger partial charge in [0, 0.05) is 52.4 Å². The number of anilines is 1. The molecule has 8 heteroatoms. The van der Waals surface area contributed by atoms with Crippen LogP contribution in [0.3, 0.4) is 0 Å². The van der Waals surface area contributed by atoms with Crippen molar-refractivity contribution in [2.75, 3.05) is 12.3 Å². The number of pyridine rings is 2. The van der Waals surface area contributed by atoms with E-state index < -0.39 is 0 Å². The zero-order valence-corrected chi connectivity index (χ0v) is 19.9. The molecule has 4 aromatic rings. The van der Waals surface area contributed by atoms with Gasteiger partial charge in [-0.25, -0.2) is 0 Å². The number of benzene rings is 2. The van der Waals surface area contributed by atoms with E-state index in [0.29, 0.717) is 35.1 Å². The van der Waals surface area contributed by atoms with Crippen molar-refractivity contribution < 1.29 is 0 Å². The number of hydrogen-bond acceptors (Lipinski definition) is 6. The second-order valence-electron chi connectivity index (χ2n) is 7.82. The SMILES string of the molecule is N=C(CNSc1cncc(Cc2ccc(Cn3ccccc3=O)cc2)c1)c1cc(Cl)ccc1N. The smallest absolute Gasteiger partial charge is 0.250 e. The Bertz CT molecular complexity index is 1350. The van der Waals surface area contributed by atoms with Crippen molar-refractivity contribution in [3.63, 3.8) is 0 Å². The van der Waals surface area contributed by atoms with E-state index in [0.717, 1.165) is 22.4 Å². The molecule has 0 aliphatic rings. The number of rotatable bonds is 9. The first-order valence-corrected chi connectivity index (χ1v) is 11.9. The van der Waals surface area contributed by atoms with Crippen LogP contribution in [-0.4, -0.2) is 21.8 Å². The van der Waals surface area contributed by atoms with Crippen LogP contribution in [0.4, 0.5) is 5.69 Å². The Kier molecular flexibility index (Phi) is 7.80. The fourth-order valence-electron chi connectivity index (χ4n) is 3.48. The van der Waals surface area contributed by atoms with Gasteiger partial charge in [0.15, 0.2) is 0 Å². The summed E-state index contributed by atoms with van der Waals surface area (Å²) in [7, 11) is 0. The predicted molar refractivity (Wildman–Crippen MR) is 140 cm³/mol. The third-order valence-corrected chi connectivity index (χ3v) is 6.22. The van der Waals surface area contributed by atoms with Crippen LogP contribution in [0.25, 0.3) is 0 Å². The van der Waals surface area contributed by atoms with E-state index in [1.54, 1.807) is 47.3 Å². The Labute approximate surface area is 207 Å². The van der Waals surface area contributed by atoms with E-state index in [9.17, 15) is 4.79 Å². The first-order chi connectivity index (χ1) is 16.5. The third kappa shape index (κ3) is 6.35. The summed E-state index contributed by atoms with van der Waals surface area (Å²) >= 11 is 7.45. The monoisotopic (exact) mass is 489 g/mol. The van der Waals surface area contributed by atoms with Gasteiger partial charge in [0.2, 0.25) is 0 Å². The number of nitrogens with zero attached hydrogens (tertiary/aromatic N) is 2. The molecule has 34 heavy (non-hydrogen) atoms. The zero-order chi connectivity index (χ0) is 23.9. The van der Waals surface area contributed by atoms with Gasteiger partial charge in [-0.1, -0.05) is 41.9 Å². The summed E-state index contributed by atoms with van der Waals surface area (Å²) in [6, 6.07) is 20.6. The van der Waals surface area contributed by atoms with Gasteiger partial charge in [-0.3, -0.25) is 14.5 Å². The van der Waals surface area contributed by atoms with Gasteiger partial charge >= 0.3 is 0 Å². The molecule has 2 heterocycles. The summed E-state index contributed by atoms with van der Waals surface area (Å²) in [4.78, 5) is 17.2. The molecular weight excluding hydrogens is 466 g/mol. The van der Waals surface area contributed by atoms with Crippen molar-refractivity contribution in [2.24, 2.45) is 0 Å². The lowest BCUT2D eigenvalue weighted by Gasteiger charge is -2.10. The molecule has 0 spiro atoms. The Balaban J connectivity index is 1.32. The zero-order valence-electron chi connectivity index (χ0n) is 18.4. The molecule has 4 rings (SSSR count). The van der Waals surface area contributed by atoms with E-state index >= 15 is 0 Å². The van der Waals surface area contributed by atoms with Gasteiger partial charge in [0.05, 0.1) is 12.3 Å². The second kappa shape index (κ2) is 11.2. The second-order valence-corrected chi connectivity index (χ2v) is 9.22.